The lowest BCUT2D eigenvalue weighted by Crippen LogP contribution is -2.44. The van der Waals surface area contributed by atoms with Crippen molar-refractivity contribution >= 4 is 23.9 Å². The maximum absolute atomic E-state index is 13.8. The number of aliphatic hydroxyl groups is 1. The van der Waals surface area contributed by atoms with Crippen molar-refractivity contribution in [2.45, 2.75) is 81.3 Å². The molecule has 7 rings (SSSR count). The van der Waals surface area contributed by atoms with Crippen molar-refractivity contribution in [3.8, 4) is 0 Å². The number of rotatable bonds is 10. The van der Waals surface area contributed by atoms with Crippen LogP contribution in [-0.4, -0.2) is 78.9 Å². The van der Waals surface area contributed by atoms with Gasteiger partial charge >= 0.3 is 5.97 Å². The topological polar surface area (TPSA) is 136 Å². The van der Waals surface area contributed by atoms with E-state index in [0.717, 1.165) is 36.0 Å². The molecule has 1 spiro atoms. The van der Waals surface area contributed by atoms with Crippen LogP contribution in [0.5, 0.6) is 0 Å². The van der Waals surface area contributed by atoms with E-state index in [2.05, 4.69) is 28.8 Å². The largest absolute Gasteiger partial charge is 0.456 e. The number of epoxide rings is 1. The fraction of sp³-hybridized carbons (Fsp3) is 0.472. The predicted molar refractivity (Wildman–Crippen MR) is 167 cm³/mol. The minimum Gasteiger partial charge on any atom is -0.456 e. The van der Waals surface area contributed by atoms with Gasteiger partial charge in [0.15, 0.2) is 5.79 Å². The van der Waals surface area contributed by atoms with Gasteiger partial charge in [-0.15, -0.1) is 0 Å². The lowest BCUT2D eigenvalue weighted by Gasteiger charge is -2.30. The third-order valence-electron chi connectivity index (χ3n) is 9.61. The van der Waals surface area contributed by atoms with Gasteiger partial charge < -0.3 is 34.7 Å². The van der Waals surface area contributed by atoms with E-state index in [1.54, 1.807) is 12.1 Å². The minimum atomic E-state index is -0.901. The third kappa shape index (κ3) is 6.66. The van der Waals surface area contributed by atoms with E-state index < -0.39 is 30.1 Å². The van der Waals surface area contributed by atoms with E-state index >= 15 is 0 Å². The Balaban J connectivity index is 1.07. The molecule has 3 aliphatic carbocycles. The highest BCUT2D eigenvalue weighted by atomic mass is 16.8. The van der Waals surface area contributed by atoms with Crippen LogP contribution in [0.4, 0.5) is 0 Å². The number of nitrogens with one attached hydrogen (secondary N) is 2. The van der Waals surface area contributed by atoms with Crippen LogP contribution in [0.3, 0.4) is 0 Å². The molecule has 0 radical (unpaired) electrons. The highest BCUT2D eigenvalue weighted by Gasteiger charge is 2.55. The first-order chi connectivity index (χ1) is 22.4. The third-order valence-corrected chi connectivity index (χ3v) is 9.61. The lowest BCUT2D eigenvalue weighted by atomic mass is 9.88. The van der Waals surface area contributed by atoms with Gasteiger partial charge in [-0.05, 0) is 54.0 Å². The average Bonchev–Trinajstić information content (AvgIpc) is 3.62. The molecule has 46 heavy (non-hydrogen) atoms. The molecule has 2 aromatic rings. The van der Waals surface area contributed by atoms with Gasteiger partial charge in [-0.1, -0.05) is 54.6 Å². The van der Waals surface area contributed by atoms with Gasteiger partial charge in [0.25, 0.3) is 0 Å². The van der Waals surface area contributed by atoms with E-state index in [9.17, 15) is 14.4 Å². The summed E-state index contributed by atoms with van der Waals surface area (Å²) in [4.78, 5) is 39.0. The molecule has 0 bridgehead atoms. The second-order valence-corrected chi connectivity index (χ2v) is 12.8. The Morgan fingerprint density at radius 1 is 0.957 bits per heavy atom. The molecule has 10 heteroatoms. The zero-order valence-electron chi connectivity index (χ0n) is 25.7. The number of amides is 2. The van der Waals surface area contributed by atoms with Gasteiger partial charge in [0, 0.05) is 44.3 Å². The maximum atomic E-state index is 13.8. The Hall–Kier alpha value is -3.83. The summed E-state index contributed by atoms with van der Waals surface area (Å²) in [5, 5.41) is 14.3. The van der Waals surface area contributed by atoms with Crippen LogP contribution in [0, 0.1) is 5.92 Å². The Labute approximate surface area is 268 Å². The van der Waals surface area contributed by atoms with Crippen molar-refractivity contribution in [2.24, 2.45) is 5.92 Å². The fourth-order valence-corrected chi connectivity index (χ4v) is 7.23. The van der Waals surface area contributed by atoms with Crippen molar-refractivity contribution in [3.05, 3.63) is 88.5 Å². The van der Waals surface area contributed by atoms with E-state index in [-0.39, 0.29) is 44.4 Å². The molecule has 0 aromatic heterocycles. The number of hydrogen-bond donors (Lipinski definition) is 3. The number of ether oxygens (including phenoxy) is 4. The summed E-state index contributed by atoms with van der Waals surface area (Å²) in [6.45, 7) is 0.128. The van der Waals surface area contributed by atoms with Crippen LogP contribution in [0.25, 0.3) is 6.08 Å². The molecule has 3 N–H and O–H groups in total. The monoisotopic (exact) mass is 628 g/mol. The fourth-order valence-electron chi connectivity index (χ4n) is 7.23. The molecule has 3 unspecified atom stereocenters. The number of fused-ring (bicyclic) bond motifs is 3. The summed E-state index contributed by atoms with van der Waals surface area (Å²) in [6, 6.07) is 15.5. The van der Waals surface area contributed by atoms with Crippen molar-refractivity contribution < 1.29 is 38.4 Å². The molecule has 5 aliphatic rings. The van der Waals surface area contributed by atoms with Crippen molar-refractivity contribution in [2.75, 3.05) is 19.7 Å². The van der Waals surface area contributed by atoms with Crippen LogP contribution in [0.2, 0.25) is 0 Å². The smallest absolute Gasteiger partial charge is 0.339 e. The normalized spacial score (nSPS) is 28.6. The van der Waals surface area contributed by atoms with E-state index in [4.69, 9.17) is 24.1 Å². The summed E-state index contributed by atoms with van der Waals surface area (Å²) in [6.07, 6.45) is 9.30. The SMILES string of the molecule is O=C(CCNC(=O)C1=C[C@H]2OC3(Cc4ccccc4C3)O[C@H]2[C@H](OC(=O)c2ccccc2C=CC2CCC3OC3C2)C1)NCCO. The van der Waals surface area contributed by atoms with Gasteiger partial charge in [-0.25, -0.2) is 4.79 Å². The van der Waals surface area contributed by atoms with Crippen molar-refractivity contribution in [1.82, 2.24) is 10.6 Å². The summed E-state index contributed by atoms with van der Waals surface area (Å²) in [5.74, 6) is -1.60. The highest BCUT2D eigenvalue weighted by Crippen LogP contribution is 2.45. The van der Waals surface area contributed by atoms with Crippen LogP contribution < -0.4 is 10.6 Å². The van der Waals surface area contributed by atoms with E-state index in [0.29, 0.717) is 42.1 Å². The maximum Gasteiger partial charge on any atom is 0.339 e. The predicted octanol–water partition coefficient (Wildman–Crippen LogP) is 3.02. The quantitative estimate of drug-likeness (QED) is 0.270. The number of hydrogen-bond acceptors (Lipinski definition) is 8. The van der Waals surface area contributed by atoms with Gasteiger partial charge in [0.1, 0.15) is 18.3 Å². The zero-order chi connectivity index (χ0) is 31.7. The molecule has 1 saturated carbocycles. The number of aliphatic hydroxyl groups excluding tert-OH is 1. The van der Waals surface area contributed by atoms with Crippen LogP contribution in [0.1, 0.15) is 59.2 Å². The number of esters is 1. The van der Waals surface area contributed by atoms with Gasteiger partial charge in [-0.3, -0.25) is 9.59 Å². The first kappa shape index (κ1) is 30.8. The van der Waals surface area contributed by atoms with Crippen molar-refractivity contribution in [1.29, 1.82) is 0 Å². The minimum absolute atomic E-state index is 0.0733. The van der Waals surface area contributed by atoms with E-state index in [1.165, 1.54) is 0 Å². The number of carbonyl (C=O) groups is 3. The second kappa shape index (κ2) is 13.1. The number of carbonyl (C=O) groups excluding carboxylic acids is 3. The molecule has 2 aliphatic heterocycles. The van der Waals surface area contributed by atoms with Gasteiger partial charge in [0.05, 0.1) is 24.4 Å². The molecule has 2 saturated heterocycles. The Kier molecular flexibility index (Phi) is 8.78. The Morgan fingerprint density at radius 3 is 2.52 bits per heavy atom. The summed E-state index contributed by atoms with van der Waals surface area (Å²) in [5.41, 5.74) is 3.94. The van der Waals surface area contributed by atoms with Crippen LogP contribution >= 0.6 is 0 Å². The summed E-state index contributed by atoms with van der Waals surface area (Å²) >= 11 is 0. The molecule has 6 atom stereocenters. The Bertz CT molecular complexity index is 1530. The molecule has 242 valence electrons. The molecule has 10 nitrogen and oxygen atoms in total. The zero-order valence-corrected chi connectivity index (χ0v) is 25.7. The molecule has 2 amide bonds. The molecular formula is C36H40N2O8. The molecular weight excluding hydrogens is 588 g/mol. The summed E-state index contributed by atoms with van der Waals surface area (Å²) < 4.78 is 25.0. The first-order valence-corrected chi connectivity index (χ1v) is 16.3. The average molecular weight is 629 g/mol. The highest BCUT2D eigenvalue weighted by molar-refractivity contribution is 5.95. The number of benzene rings is 2. The molecule has 2 aromatic carbocycles. The standard InChI is InChI=1S/C36H40N2O8/c39-16-15-37-32(40)13-14-38-34(41)26-18-30(33-31(19-26)45-36(46-33)20-24-6-1-2-7-25(24)21-36)44-35(42)27-8-4-3-5-23(27)11-9-22-10-12-28-29(17-22)43-28/h1-9,11,19,22,28-31,33,39H,10,12-18,20-21H2,(H,37,40)(H,38,41)/t22?,28?,29?,30-,31-,33+/m1/s1. The second-order valence-electron chi connectivity index (χ2n) is 12.8. The van der Waals surface area contributed by atoms with Crippen LogP contribution in [-0.2, 0) is 41.4 Å². The Morgan fingerprint density at radius 2 is 1.74 bits per heavy atom. The van der Waals surface area contributed by atoms with Gasteiger partial charge in [0.2, 0.25) is 11.8 Å². The lowest BCUT2D eigenvalue weighted by molar-refractivity contribution is -0.172. The molecule has 2 heterocycles. The molecule has 3 fully saturated rings. The van der Waals surface area contributed by atoms with Crippen molar-refractivity contribution in [3.63, 3.8) is 0 Å². The van der Waals surface area contributed by atoms with Crippen LogP contribution in [0.15, 0.2) is 66.3 Å². The van der Waals surface area contributed by atoms with Gasteiger partial charge in [-0.2, -0.15) is 0 Å². The number of allylic oxidation sites excluding steroid dienone is 1. The van der Waals surface area contributed by atoms with E-state index in [1.807, 2.05) is 36.4 Å². The first-order valence-electron chi connectivity index (χ1n) is 16.3. The summed E-state index contributed by atoms with van der Waals surface area (Å²) in [7, 11) is 0.